The molecular weight excluding hydrogens is 276 g/mol. The topological polar surface area (TPSA) is 89.3 Å². The summed E-state index contributed by atoms with van der Waals surface area (Å²) in [6.45, 7) is 4.33. The first kappa shape index (κ1) is 16.7. The minimum absolute atomic E-state index is 0.0458. The minimum atomic E-state index is -3.34. The highest BCUT2D eigenvalue weighted by molar-refractivity contribution is 7.92. The highest BCUT2D eigenvalue weighted by atomic mass is 32.2. The molecule has 0 aliphatic heterocycles. The molecule has 0 fully saturated rings. The van der Waals surface area contributed by atoms with Crippen LogP contribution in [0.4, 0.5) is 5.69 Å². The summed E-state index contributed by atoms with van der Waals surface area (Å²) in [6, 6.07) is 7.01. The predicted octanol–water partition coefficient (Wildman–Crippen LogP) is 1.54. The van der Waals surface area contributed by atoms with Crippen LogP contribution in [0, 0.1) is 5.92 Å². The Balaban J connectivity index is 2.54. The van der Waals surface area contributed by atoms with Crippen molar-refractivity contribution in [2.24, 2.45) is 11.7 Å². The van der Waals surface area contributed by atoms with E-state index in [4.69, 9.17) is 5.73 Å². The second-order valence-corrected chi connectivity index (χ2v) is 7.41. The van der Waals surface area contributed by atoms with Gasteiger partial charge in [0, 0.05) is 12.2 Å². The van der Waals surface area contributed by atoms with Crippen molar-refractivity contribution in [3.05, 3.63) is 29.8 Å². The molecule has 6 heteroatoms. The second-order valence-electron chi connectivity index (χ2n) is 5.22. The first-order valence-corrected chi connectivity index (χ1v) is 8.44. The van der Waals surface area contributed by atoms with Crippen molar-refractivity contribution in [3.63, 3.8) is 0 Å². The van der Waals surface area contributed by atoms with E-state index >= 15 is 0 Å². The van der Waals surface area contributed by atoms with E-state index in [-0.39, 0.29) is 5.75 Å². The van der Waals surface area contributed by atoms with Crippen molar-refractivity contribution >= 4 is 21.4 Å². The van der Waals surface area contributed by atoms with Crippen LogP contribution in [0.1, 0.15) is 25.8 Å². The van der Waals surface area contributed by atoms with Gasteiger partial charge in [0.05, 0.1) is 5.75 Å². The summed E-state index contributed by atoms with van der Waals surface area (Å²) in [4.78, 5) is 11.7. The van der Waals surface area contributed by atoms with Gasteiger partial charge < -0.3 is 11.1 Å². The SMILES string of the molecule is CC(C)CCS(=O)(=O)CC(=O)Nc1ccc(CN)cc1. The summed E-state index contributed by atoms with van der Waals surface area (Å²) in [5, 5.41) is 2.58. The first-order chi connectivity index (χ1) is 9.32. The van der Waals surface area contributed by atoms with Crippen molar-refractivity contribution in [1.82, 2.24) is 0 Å². The van der Waals surface area contributed by atoms with E-state index in [1.165, 1.54) is 0 Å². The Hall–Kier alpha value is -1.40. The number of carbonyl (C=O) groups excluding carboxylic acids is 1. The fourth-order valence-corrected chi connectivity index (χ4v) is 3.05. The lowest BCUT2D eigenvalue weighted by molar-refractivity contribution is -0.113. The molecular formula is C14H22N2O3S. The maximum atomic E-state index is 11.8. The number of nitrogens with one attached hydrogen (secondary N) is 1. The highest BCUT2D eigenvalue weighted by Crippen LogP contribution is 2.10. The molecule has 0 radical (unpaired) electrons. The lowest BCUT2D eigenvalue weighted by Crippen LogP contribution is -2.25. The highest BCUT2D eigenvalue weighted by Gasteiger charge is 2.17. The number of benzene rings is 1. The van der Waals surface area contributed by atoms with Crippen LogP contribution < -0.4 is 11.1 Å². The van der Waals surface area contributed by atoms with Gasteiger partial charge >= 0.3 is 0 Å². The van der Waals surface area contributed by atoms with Crippen LogP contribution in [0.25, 0.3) is 0 Å². The summed E-state index contributed by atoms with van der Waals surface area (Å²) >= 11 is 0. The molecule has 112 valence electrons. The summed E-state index contributed by atoms with van der Waals surface area (Å²) in [5.41, 5.74) is 7.00. The van der Waals surface area contributed by atoms with Crippen LogP contribution in [0.15, 0.2) is 24.3 Å². The van der Waals surface area contributed by atoms with Crippen molar-refractivity contribution < 1.29 is 13.2 Å². The van der Waals surface area contributed by atoms with E-state index in [0.717, 1.165) is 5.56 Å². The lowest BCUT2D eigenvalue weighted by Gasteiger charge is -2.08. The molecule has 0 aliphatic carbocycles. The van der Waals surface area contributed by atoms with Gasteiger partial charge in [-0.2, -0.15) is 0 Å². The van der Waals surface area contributed by atoms with Crippen LogP contribution >= 0.6 is 0 Å². The minimum Gasteiger partial charge on any atom is -0.326 e. The molecule has 0 heterocycles. The van der Waals surface area contributed by atoms with Crippen molar-refractivity contribution in [2.45, 2.75) is 26.8 Å². The Kier molecular flexibility index (Phi) is 6.16. The maximum Gasteiger partial charge on any atom is 0.239 e. The summed E-state index contributed by atoms with van der Waals surface area (Å²) in [6.07, 6.45) is 0.570. The van der Waals surface area contributed by atoms with Gasteiger partial charge in [-0.1, -0.05) is 26.0 Å². The normalized spacial score (nSPS) is 11.6. The third-order valence-corrected chi connectivity index (χ3v) is 4.39. The lowest BCUT2D eigenvalue weighted by atomic mass is 10.2. The van der Waals surface area contributed by atoms with Gasteiger partial charge in [0.25, 0.3) is 0 Å². The molecule has 0 aliphatic rings. The van der Waals surface area contributed by atoms with Crippen molar-refractivity contribution in [3.8, 4) is 0 Å². The molecule has 20 heavy (non-hydrogen) atoms. The van der Waals surface area contributed by atoms with Crippen LogP contribution in [0.3, 0.4) is 0 Å². The second kappa shape index (κ2) is 7.40. The van der Waals surface area contributed by atoms with Gasteiger partial charge in [-0.15, -0.1) is 0 Å². The molecule has 0 spiro atoms. The molecule has 1 amide bonds. The molecule has 0 unspecified atom stereocenters. The third kappa shape index (κ3) is 6.16. The Morgan fingerprint density at radius 3 is 2.35 bits per heavy atom. The van der Waals surface area contributed by atoms with Crippen molar-refractivity contribution in [2.75, 3.05) is 16.8 Å². The average Bonchev–Trinajstić information content (AvgIpc) is 2.37. The maximum absolute atomic E-state index is 11.8. The Labute approximate surface area is 120 Å². The summed E-state index contributed by atoms with van der Waals surface area (Å²) < 4.78 is 23.5. The Morgan fingerprint density at radius 2 is 1.85 bits per heavy atom. The van der Waals surface area contributed by atoms with E-state index in [9.17, 15) is 13.2 Å². The molecule has 3 N–H and O–H groups in total. The molecule has 1 aromatic carbocycles. The van der Waals surface area contributed by atoms with E-state index < -0.39 is 21.5 Å². The van der Waals surface area contributed by atoms with E-state index in [1.807, 2.05) is 13.8 Å². The fraction of sp³-hybridized carbons (Fsp3) is 0.500. The number of hydrogen-bond donors (Lipinski definition) is 2. The Bertz CT molecular complexity index is 536. The Morgan fingerprint density at radius 1 is 1.25 bits per heavy atom. The van der Waals surface area contributed by atoms with Crippen LogP contribution in [-0.4, -0.2) is 25.8 Å². The average molecular weight is 298 g/mol. The van der Waals surface area contributed by atoms with Crippen molar-refractivity contribution in [1.29, 1.82) is 0 Å². The number of sulfone groups is 1. The van der Waals surface area contributed by atoms with E-state index in [0.29, 0.717) is 24.6 Å². The van der Waals surface area contributed by atoms with Gasteiger partial charge in [0.15, 0.2) is 9.84 Å². The van der Waals surface area contributed by atoms with Gasteiger partial charge in [-0.05, 0) is 30.0 Å². The largest absolute Gasteiger partial charge is 0.326 e. The number of nitrogens with two attached hydrogens (primary N) is 1. The zero-order valence-corrected chi connectivity index (χ0v) is 12.7. The molecule has 0 saturated carbocycles. The third-order valence-electron chi connectivity index (χ3n) is 2.83. The molecule has 0 aromatic heterocycles. The fourth-order valence-electron chi connectivity index (χ4n) is 1.61. The molecule has 0 atom stereocenters. The first-order valence-electron chi connectivity index (χ1n) is 6.61. The zero-order chi connectivity index (χ0) is 15.2. The molecule has 5 nitrogen and oxygen atoms in total. The number of hydrogen-bond acceptors (Lipinski definition) is 4. The predicted molar refractivity (Wildman–Crippen MR) is 81.1 cm³/mol. The standard InChI is InChI=1S/C14H22N2O3S/c1-11(2)7-8-20(18,19)10-14(17)16-13-5-3-12(9-15)4-6-13/h3-6,11H,7-10,15H2,1-2H3,(H,16,17). The monoisotopic (exact) mass is 298 g/mol. The number of amides is 1. The van der Waals surface area contributed by atoms with Crippen LogP contribution in [0.5, 0.6) is 0 Å². The van der Waals surface area contributed by atoms with Gasteiger partial charge in [0.2, 0.25) is 5.91 Å². The van der Waals surface area contributed by atoms with E-state index in [1.54, 1.807) is 24.3 Å². The van der Waals surface area contributed by atoms with Crippen LogP contribution in [-0.2, 0) is 21.2 Å². The zero-order valence-electron chi connectivity index (χ0n) is 11.9. The number of rotatable bonds is 7. The summed E-state index contributed by atoms with van der Waals surface area (Å²) in [5.74, 6) is -0.631. The summed E-state index contributed by atoms with van der Waals surface area (Å²) in [7, 11) is -3.34. The smallest absolute Gasteiger partial charge is 0.239 e. The van der Waals surface area contributed by atoms with Gasteiger partial charge in [0.1, 0.15) is 5.75 Å². The number of anilines is 1. The number of carbonyl (C=O) groups is 1. The molecule has 0 bridgehead atoms. The molecule has 0 saturated heterocycles. The van der Waals surface area contributed by atoms with Gasteiger partial charge in [-0.25, -0.2) is 8.42 Å². The molecule has 1 aromatic rings. The molecule has 1 rings (SSSR count). The van der Waals surface area contributed by atoms with Gasteiger partial charge in [-0.3, -0.25) is 4.79 Å². The van der Waals surface area contributed by atoms with Crippen LogP contribution in [0.2, 0.25) is 0 Å². The quantitative estimate of drug-likeness (QED) is 0.799. The van der Waals surface area contributed by atoms with E-state index in [2.05, 4.69) is 5.32 Å².